The molecule has 0 aliphatic carbocycles. The predicted molar refractivity (Wildman–Crippen MR) is 67.4 cm³/mol. The zero-order chi connectivity index (χ0) is 11.5. The molecule has 2 rings (SSSR count). The summed E-state index contributed by atoms with van der Waals surface area (Å²) in [6.07, 6.45) is 0. The third-order valence-electron chi connectivity index (χ3n) is 2.93. The average molecular weight is 241 g/mol. The Morgan fingerprint density at radius 1 is 1.44 bits per heavy atom. The summed E-state index contributed by atoms with van der Waals surface area (Å²) in [5.41, 5.74) is 1.15. The fraction of sp³-hybridized carbons (Fsp3) is 0.727. The predicted octanol–water partition coefficient (Wildman–Crippen LogP) is 1.57. The van der Waals surface area contributed by atoms with Crippen LogP contribution in [-0.4, -0.2) is 38.3 Å². The summed E-state index contributed by atoms with van der Waals surface area (Å²) in [4.78, 5) is 8.30. The van der Waals surface area contributed by atoms with Gasteiger partial charge < -0.3 is 15.0 Å². The number of hydrogen-bond donors (Lipinski definition) is 1. The van der Waals surface area contributed by atoms with Crippen LogP contribution in [-0.2, 0) is 4.74 Å². The van der Waals surface area contributed by atoms with Crippen LogP contribution in [0.25, 0.3) is 0 Å². The molecule has 1 saturated heterocycles. The topological polar surface area (TPSA) is 37.4 Å². The van der Waals surface area contributed by atoms with E-state index in [2.05, 4.69) is 29.0 Å². The van der Waals surface area contributed by atoms with Crippen molar-refractivity contribution in [2.45, 2.75) is 19.9 Å². The van der Waals surface area contributed by atoms with Gasteiger partial charge in [-0.1, -0.05) is 0 Å². The molecule has 1 aliphatic heterocycles. The largest absolute Gasteiger partial charge is 0.378 e. The summed E-state index contributed by atoms with van der Waals surface area (Å²) in [7, 11) is 1.98. The number of thiazole rings is 1. The van der Waals surface area contributed by atoms with Gasteiger partial charge in [-0.2, -0.15) is 0 Å². The van der Waals surface area contributed by atoms with E-state index in [9.17, 15) is 0 Å². The van der Waals surface area contributed by atoms with E-state index in [1.54, 1.807) is 11.3 Å². The molecule has 4 nitrogen and oxygen atoms in total. The summed E-state index contributed by atoms with van der Waals surface area (Å²) in [6.45, 7) is 7.80. The number of aryl methyl sites for hydroxylation is 1. The molecule has 5 heteroatoms. The number of anilines is 1. The van der Waals surface area contributed by atoms with Crippen LogP contribution in [0.2, 0.25) is 0 Å². The van der Waals surface area contributed by atoms with E-state index >= 15 is 0 Å². The highest BCUT2D eigenvalue weighted by molar-refractivity contribution is 7.15. The Bertz CT molecular complexity index is 347. The smallest absolute Gasteiger partial charge is 0.185 e. The molecule has 90 valence electrons. The molecular weight excluding hydrogens is 222 g/mol. The van der Waals surface area contributed by atoms with Crippen LogP contribution in [0.3, 0.4) is 0 Å². The summed E-state index contributed by atoms with van der Waals surface area (Å²) in [5, 5.41) is 4.40. The van der Waals surface area contributed by atoms with Gasteiger partial charge in [0.15, 0.2) is 5.13 Å². The van der Waals surface area contributed by atoms with Gasteiger partial charge in [0.05, 0.1) is 18.9 Å². The molecule has 0 aromatic carbocycles. The molecule has 1 fully saturated rings. The maximum atomic E-state index is 5.35. The quantitative estimate of drug-likeness (QED) is 0.871. The maximum Gasteiger partial charge on any atom is 0.185 e. The van der Waals surface area contributed by atoms with Crippen LogP contribution in [0.15, 0.2) is 0 Å². The monoisotopic (exact) mass is 241 g/mol. The highest BCUT2D eigenvalue weighted by atomic mass is 32.1. The van der Waals surface area contributed by atoms with Crippen molar-refractivity contribution in [2.75, 3.05) is 38.3 Å². The van der Waals surface area contributed by atoms with Crippen molar-refractivity contribution >= 4 is 16.5 Å². The first-order valence-corrected chi connectivity index (χ1v) is 6.51. The van der Waals surface area contributed by atoms with Crippen LogP contribution in [0, 0.1) is 6.92 Å². The molecule has 0 amide bonds. The van der Waals surface area contributed by atoms with Crippen molar-refractivity contribution in [3.8, 4) is 0 Å². The number of hydrogen-bond acceptors (Lipinski definition) is 5. The van der Waals surface area contributed by atoms with Crippen molar-refractivity contribution in [1.82, 2.24) is 10.3 Å². The molecule has 1 unspecified atom stereocenters. The standard InChI is InChI=1S/C11H19N3OS/c1-8(12-3)10-9(2)13-11(16-10)14-4-6-15-7-5-14/h8,12H,4-7H2,1-3H3. The lowest BCUT2D eigenvalue weighted by atomic mass is 10.2. The summed E-state index contributed by atoms with van der Waals surface area (Å²) < 4.78 is 5.35. The van der Waals surface area contributed by atoms with Gasteiger partial charge in [-0.05, 0) is 20.9 Å². The Morgan fingerprint density at radius 3 is 2.75 bits per heavy atom. The fourth-order valence-electron chi connectivity index (χ4n) is 1.82. The number of ether oxygens (including phenoxy) is 1. The van der Waals surface area contributed by atoms with Gasteiger partial charge in [-0.25, -0.2) is 4.98 Å². The zero-order valence-corrected chi connectivity index (χ0v) is 10.9. The zero-order valence-electron chi connectivity index (χ0n) is 10.1. The SMILES string of the molecule is CNC(C)c1sc(N2CCOCC2)nc1C. The second-order valence-corrected chi connectivity index (χ2v) is 5.06. The van der Waals surface area contributed by atoms with Crippen LogP contribution < -0.4 is 10.2 Å². The number of aromatic nitrogens is 1. The van der Waals surface area contributed by atoms with Crippen molar-refractivity contribution in [3.05, 3.63) is 10.6 Å². The van der Waals surface area contributed by atoms with E-state index in [1.165, 1.54) is 4.88 Å². The molecular formula is C11H19N3OS. The molecule has 1 N–H and O–H groups in total. The molecule has 1 aromatic rings. The van der Waals surface area contributed by atoms with Gasteiger partial charge in [0.1, 0.15) is 0 Å². The van der Waals surface area contributed by atoms with E-state index in [1.807, 2.05) is 7.05 Å². The van der Waals surface area contributed by atoms with E-state index in [0.29, 0.717) is 6.04 Å². The third kappa shape index (κ3) is 2.36. The van der Waals surface area contributed by atoms with Crippen molar-refractivity contribution in [3.63, 3.8) is 0 Å². The van der Waals surface area contributed by atoms with Crippen LogP contribution in [0.5, 0.6) is 0 Å². The first kappa shape index (κ1) is 11.8. The number of morpholine rings is 1. The normalized spacial score (nSPS) is 18.8. The van der Waals surface area contributed by atoms with Gasteiger partial charge in [0.2, 0.25) is 0 Å². The van der Waals surface area contributed by atoms with Gasteiger partial charge >= 0.3 is 0 Å². The minimum absolute atomic E-state index is 0.382. The Hall–Kier alpha value is -0.650. The van der Waals surface area contributed by atoms with Crippen LogP contribution in [0.4, 0.5) is 5.13 Å². The fourth-order valence-corrected chi connectivity index (χ4v) is 3.00. The van der Waals surface area contributed by atoms with E-state index in [4.69, 9.17) is 4.74 Å². The van der Waals surface area contributed by atoms with Gasteiger partial charge in [-0.15, -0.1) is 11.3 Å². The summed E-state index contributed by atoms with van der Waals surface area (Å²) in [5.74, 6) is 0. The lowest BCUT2D eigenvalue weighted by Crippen LogP contribution is -2.36. The Labute approximate surface area is 101 Å². The summed E-state index contributed by atoms with van der Waals surface area (Å²) in [6, 6.07) is 0.382. The Balaban J connectivity index is 2.16. The third-order valence-corrected chi connectivity index (χ3v) is 4.33. The van der Waals surface area contributed by atoms with Crippen molar-refractivity contribution < 1.29 is 4.74 Å². The molecule has 0 radical (unpaired) electrons. The van der Waals surface area contributed by atoms with E-state index < -0.39 is 0 Å². The second-order valence-electron chi connectivity index (χ2n) is 4.06. The summed E-state index contributed by atoms with van der Waals surface area (Å²) >= 11 is 1.80. The molecule has 16 heavy (non-hydrogen) atoms. The second kappa shape index (κ2) is 5.12. The molecule has 1 aromatic heterocycles. The van der Waals surface area contributed by atoms with Gasteiger partial charge in [-0.3, -0.25) is 0 Å². The Morgan fingerprint density at radius 2 is 2.12 bits per heavy atom. The highest BCUT2D eigenvalue weighted by Crippen LogP contribution is 2.30. The number of nitrogens with zero attached hydrogens (tertiary/aromatic N) is 2. The molecule has 0 spiro atoms. The minimum Gasteiger partial charge on any atom is -0.378 e. The van der Waals surface area contributed by atoms with Crippen LogP contribution >= 0.6 is 11.3 Å². The lowest BCUT2D eigenvalue weighted by Gasteiger charge is -2.26. The number of nitrogens with one attached hydrogen (secondary N) is 1. The first-order chi connectivity index (χ1) is 7.72. The maximum absolute atomic E-state index is 5.35. The van der Waals surface area contributed by atoms with Crippen molar-refractivity contribution in [1.29, 1.82) is 0 Å². The van der Waals surface area contributed by atoms with E-state index in [0.717, 1.165) is 37.1 Å². The average Bonchev–Trinajstić information content (AvgIpc) is 2.71. The Kier molecular flexibility index (Phi) is 3.78. The van der Waals surface area contributed by atoms with E-state index in [-0.39, 0.29) is 0 Å². The van der Waals surface area contributed by atoms with Crippen molar-refractivity contribution in [2.24, 2.45) is 0 Å². The van der Waals surface area contributed by atoms with Gasteiger partial charge in [0.25, 0.3) is 0 Å². The minimum atomic E-state index is 0.382. The molecule has 2 heterocycles. The molecule has 1 aliphatic rings. The van der Waals surface area contributed by atoms with Gasteiger partial charge in [0, 0.05) is 24.0 Å². The molecule has 0 saturated carbocycles. The molecule has 1 atom stereocenters. The molecule has 0 bridgehead atoms. The number of rotatable bonds is 3. The first-order valence-electron chi connectivity index (χ1n) is 5.69. The highest BCUT2D eigenvalue weighted by Gasteiger charge is 2.18. The van der Waals surface area contributed by atoms with Crippen LogP contribution in [0.1, 0.15) is 23.5 Å². The lowest BCUT2D eigenvalue weighted by molar-refractivity contribution is 0.122.